The predicted molar refractivity (Wildman–Crippen MR) is 124 cm³/mol. The number of carbonyl (C=O) groups excluding carboxylic acids is 1. The minimum atomic E-state index is -4.69. The van der Waals surface area contributed by atoms with Crippen LogP contribution in [0.15, 0.2) is 77.7 Å². The fraction of sp³-hybridized carbons (Fsp3) is 0.240. The second-order valence-electron chi connectivity index (χ2n) is 7.97. The molecule has 0 saturated heterocycles. The van der Waals surface area contributed by atoms with Crippen LogP contribution in [0.25, 0.3) is 0 Å². The van der Waals surface area contributed by atoms with Crippen LogP contribution in [-0.4, -0.2) is 32.4 Å². The van der Waals surface area contributed by atoms with E-state index in [4.69, 9.17) is 8.92 Å². The molecule has 0 aliphatic carbocycles. The van der Waals surface area contributed by atoms with Gasteiger partial charge in [0.05, 0.1) is 12.7 Å². The van der Waals surface area contributed by atoms with Crippen LogP contribution in [-0.2, 0) is 22.8 Å². The Labute approximate surface area is 202 Å². The number of ether oxygens (including phenoxy) is 1. The smallest absolute Gasteiger partial charge is 0.416 e. The molecule has 3 aromatic rings. The lowest BCUT2D eigenvalue weighted by Gasteiger charge is -2.27. The van der Waals surface area contributed by atoms with Crippen LogP contribution in [0.5, 0.6) is 11.5 Å². The summed E-state index contributed by atoms with van der Waals surface area (Å²) in [5, 5.41) is 0. The van der Waals surface area contributed by atoms with E-state index in [1.54, 1.807) is 41.3 Å². The Hall–Kier alpha value is -3.53. The second-order valence-corrected chi connectivity index (χ2v) is 9.52. The van der Waals surface area contributed by atoms with Gasteiger partial charge < -0.3 is 13.8 Å². The van der Waals surface area contributed by atoms with Crippen molar-refractivity contribution in [3.63, 3.8) is 0 Å². The van der Waals surface area contributed by atoms with Crippen molar-refractivity contribution in [1.82, 2.24) is 4.90 Å². The topological polar surface area (TPSA) is 72.9 Å². The van der Waals surface area contributed by atoms with E-state index in [0.717, 1.165) is 18.2 Å². The fourth-order valence-corrected chi connectivity index (χ4v) is 4.28. The summed E-state index contributed by atoms with van der Waals surface area (Å²) in [5.74, 6) is 0.203. The molecule has 35 heavy (non-hydrogen) atoms. The van der Waals surface area contributed by atoms with E-state index >= 15 is 0 Å². The number of alkyl halides is 3. The summed E-state index contributed by atoms with van der Waals surface area (Å²) in [6.45, 7) is 3.83. The molecule has 3 aromatic carbocycles. The third-order valence-electron chi connectivity index (χ3n) is 5.11. The molecule has 0 saturated carbocycles. The highest BCUT2D eigenvalue weighted by molar-refractivity contribution is 7.87. The molecule has 0 radical (unpaired) electrons. The van der Waals surface area contributed by atoms with Crippen LogP contribution in [0, 0.1) is 0 Å². The van der Waals surface area contributed by atoms with Gasteiger partial charge in [0.25, 0.3) is 5.91 Å². The van der Waals surface area contributed by atoms with Crippen LogP contribution in [0.1, 0.15) is 35.3 Å². The minimum Gasteiger partial charge on any atom is -0.497 e. The van der Waals surface area contributed by atoms with Crippen molar-refractivity contribution in [1.29, 1.82) is 0 Å². The summed E-state index contributed by atoms with van der Waals surface area (Å²) >= 11 is 0. The number of amides is 1. The molecular weight excluding hydrogens is 483 g/mol. The van der Waals surface area contributed by atoms with E-state index in [0.29, 0.717) is 22.9 Å². The summed E-state index contributed by atoms with van der Waals surface area (Å²) in [6, 6.07) is 15.9. The van der Waals surface area contributed by atoms with Crippen molar-refractivity contribution in [2.75, 3.05) is 7.11 Å². The number of methoxy groups -OCH3 is 1. The molecule has 10 heteroatoms. The van der Waals surface area contributed by atoms with Gasteiger partial charge in [-0.05, 0) is 67.9 Å². The first kappa shape index (κ1) is 26.1. The number of hydrogen-bond donors (Lipinski definition) is 0. The van der Waals surface area contributed by atoms with Gasteiger partial charge in [-0.1, -0.05) is 24.3 Å². The molecule has 0 atom stereocenters. The number of halogens is 3. The van der Waals surface area contributed by atoms with Crippen molar-refractivity contribution < 1.29 is 35.3 Å². The molecule has 0 fully saturated rings. The van der Waals surface area contributed by atoms with E-state index in [9.17, 15) is 26.4 Å². The standard InChI is InChI=1S/C25H24F3NO5S/c1-17(2)29(24(30)19-8-5-10-21(14-19)33-3)16-18-7-4-11-22(13-18)34-35(31,32)23-12-6-9-20(15-23)25(26,27)28/h4-15,17H,16H2,1-3H3. The average molecular weight is 508 g/mol. The number of benzene rings is 3. The lowest BCUT2D eigenvalue weighted by Crippen LogP contribution is -2.36. The van der Waals surface area contributed by atoms with Crippen molar-refractivity contribution in [3.05, 3.63) is 89.5 Å². The molecule has 0 heterocycles. The van der Waals surface area contributed by atoms with Crippen LogP contribution < -0.4 is 8.92 Å². The first-order valence-corrected chi connectivity index (χ1v) is 12.0. The monoisotopic (exact) mass is 507 g/mol. The van der Waals surface area contributed by atoms with Crippen LogP contribution in [0.3, 0.4) is 0 Å². The molecule has 0 spiro atoms. The molecule has 0 unspecified atom stereocenters. The first-order valence-electron chi connectivity index (χ1n) is 10.6. The molecule has 1 amide bonds. The highest BCUT2D eigenvalue weighted by atomic mass is 32.2. The maximum atomic E-state index is 13.1. The lowest BCUT2D eigenvalue weighted by molar-refractivity contribution is -0.137. The largest absolute Gasteiger partial charge is 0.497 e. The number of carbonyl (C=O) groups is 1. The molecule has 0 aliphatic rings. The van der Waals surface area contributed by atoms with Gasteiger partial charge in [-0.3, -0.25) is 4.79 Å². The van der Waals surface area contributed by atoms with Gasteiger partial charge in [0.2, 0.25) is 0 Å². The number of rotatable bonds is 8. The molecule has 3 rings (SSSR count). The van der Waals surface area contributed by atoms with E-state index in [1.165, 1.54) is 19.2 Å². The summed E-state index contributed by atoms with van der Waals surface area (Å²) < 4.78 is 74.4. The molecule has 0 bridgehead atoms. The highest BCUT2D eigenvalue weighted by Gasteiger charge is 2.32. The molecule has 0 aliphatic heterocycles. The Bertz CT molecular complexity index is 1310. The van der Waals surface area contributed by atoms with Gasteiger partial charge in [0.15, 0.2) is 0 Å². The van der Waals surface area contributed by atoms with Gasteiger partial charge in [0.1, 0.15) is 16.4 Å². The third kappa shape index (κ3) is 6.54. The summed E-state index contributed by atoms with van der Waals surface area (Å²) in [4.78, 5) is 14.1. The molecule has 0 aromatic heterocycles. The van der Waals surface area contributed by atoms with E-state index in [1.807, 2.05) is 13.8 Å². The van der Waals surface area contributed by atoms with Crippen LogP contribution in [0.4, 0.5) is 13.2 Å². The maximum Gasteiger partial charge on any atom is 0.416 e. The van der Waals surface area contributed by atoms with E-state index in [-0.39, 0.29) is 24.2 Å². The Morgan fingerprint density at radius 2 is 1.60 bits per heavy atom. The molecule has 6 nitrogen and oxygen atoms in total. The summed E-state index contributed by atoms with van der Waals surface area (Å²) in [6.07, 6.45) is -4.69. The number of nitrogens with zero attached hydrogens (tertiary/aromatic N) is 1. The predicted octanol–water partition coefficient (Wildman–Crippen LogP) is 5.53. The highest BCUT2D eigenvalue weighted by Crippen LogP contribution is 2.31. The summed E-state index contributed by atoms with van der Waals surface area (Å²) in [7, 11) is -3.02. The molecule has 0 N–H and O–H groups in total. The zero-order valence-corrected chi connectivity index (χ0v) is 20.1. The van der Waals surface area contributed by atoms with E-state index in [2.05, 4.69) is 0 Å². The first-order chi connectivity index (χ1) is 16.4. The zero-order valence-electron chi connectivity index (χ0n) is 19.2. The Kier molecular flexibility index (Phi) is 7.74. The van der Waals surface area contributed by atoms with Crippen molar-refractivity contribution in [3.8, 4) is 11.5 Å². The zero-order chi connectivity index (χ0) is 25.8. The quantitative estimate of drug-likeness (QED) is 0.375. The Morgan fingerprint density at radius 1 is 0.943 bits per heavy atom. The minimum absolute atomic E-state index is 0.0857. The van der Waals surface area contributed by atoms with Crippen molar-refractivity contribution in [2.45, 2.75) is 37.5 Å². The summed E-state index contributed by atoms with van der Waals surface area (Å²) in [5.41, 5.74) is -0.0937. The van der Waals surface area contributed by atoms with Crippen LogP contribution in [0.2, 0.25) is 0 Å². The normalized spacial score (nSPS) is 11.9. The van der Waals surface area contributed by atoms with Crippen molar-refractivity contribution >= 4 is 16.0 Å². The Morgan fingerprint density at radius 3 is 2.26 bits per heavy atom. The Balaban J connectivity index is 1.83. The van der Waals surface area contributed by atoms with Crippen molar-refractivity contribution in [2.24, 2.45) is 0 Å². The van der Waals surface area contributed by atoms with Gasteiger partial charge in [-0.25, -0.2) is 0 Å². The SMILES string of the molecule is COc1cccc(C(=O)N(Cc2cccc(OS(=O)(=O)c3cccc(C(F)(F)F)c3)c2)C(C)C)c1. The lowest BCUT2D eigenvalue weighted by atomic mass is 10.1. The maximum absolute atomic E-state index is 13.1. The second kappa shape index (κ2) is 10.4. The fourth-order valence-electron chi connectivity index (χ4n) is 3.31. The van der Waals surface area contributed by atoms with Crippen LogP contribution >= 0.6 is 0 Å². The molecule has 186 valence electrons. The molecular formula is C25H24F3NO5S. The van der Waals surface area contributed by atoms with Gasteiger partial charge in [0, 0.05) is 18.2 Å². The third-order valence-corrected chi connectivity index (χ3v) is 6.35. The van der Waals surface area contributed by atoms with Gasteiger partial charge >= 0.3 is 16.3 Å². The number of hydrogen-bond acceptors (Lipinski definition) is 5. The van der Waals surface area contributed by atoms with E-state index < -0.39 is 26.8 Å². The van der Waals surface area contributed by atoms with Gasteiger partial charge in [-0.2, -0.15) is 21.6 Å². The van der Waals surface area contributed by atoms with Gasteiger partial charge in [-0.15, -0.1) is 0 Å². The average Bonchev–Trinajstić information content (AvgIpc) is 2.81.